The van der Waals surface area contributed by atoms with E-state index in [0.717, 1.165) is 37.6 Å². The van der Waals surface area contributed by atoms with Crippen LogP contribution in [0.2, 0.25) is 0 Å². The Kier molecular flexibility index (Phi) is 5.06. The van der Waals surface area contributed by atoms with Crippen molar-refractivity contribution in [2.24, 2.45) is 0 Å². The van der Waals surface area contributed by atoms with Crippen LogP contribution < -0.4 is 0 Å². The highest BCUT2D eigenvalue weighted by Gasteiger charge is 2.30. The van der Waals surface area contributed by atoms with E-state index >= 15 is 0 Å². The van der Waals surface area contributed by atoms with Crippen molar-refractivity contribution in [1.29, 1.82) is 0 Å². The van der Waals surface area contributed by atoms with Crippen LogP contribution in [0.4, 0.5) is 4.39 Å². The molecule has 0 spiro atoms. The molecule has 156 valence electrons. The fourth-order valence-corrected chi connectivity index (χ4v) is 3.98. The van der Waals surface area contributed by atoms with Crippen LogP contribution in [-0.2, 0) is 11.2 Å². The molecule has 0 atom stereocenters. The van der Waals surface area contributed by atoms with Crippen LogP contribution in [0, 0.1) is 5.82 Å². The molecule has 8 heteroatoms. The minimum atomic E-state index is -0.352. The number of hydrogen-bond donors (Lipinski definition) is 1. The number of aromatic amines is 1. The Bertz CT molecular complexity index is 1030. The standard InChI is InChI=1S/C22H24FN5O2/c23-17-4-2-1-3-16(17)18-13-24-19(30-18)7-8-20(29)28-11-9-15(10-12-28)22-25-21(26-27-22)14-5-6-14/h1-4,13-15H,5-12H2,(H,25,26,27). The van der Waals surface area contributed by atoms with Gasteiger partial charge < -0.3 is 9.32 Å². The number of H-pyrrole nitrogens is 1. The summed E-state index contributed by atoms with van der Waals surface area (Å²) in [6, 6.07) is 6.42. The number of oxazole rings is 1. The fourth-order valence-electron chi connectivity index (χ4n) is 3.98. The van der Waals surface area contributed by atoms with Crippen molar-refractivity contribution < 1.29 is 13.6 Å². The minimum absolute atomic E-state index is 0.0929. The molecule has 0 radical (unpaired) electrons. The zero-order valence-electron chi connectivity index (χ0n) is 16.7. The second kappa shape index (κ2) is 8.01. The van der Waals surface area contributed by atoms with Crippen molar-refractivity contribution in [3.8, 4) is 11.3 Å². The number of carbonyl (C=O) groups excluding carboxylic acids is 1. The van der Waals surface area contributed by atoms with Gasteiger partial charge in [0.15, 0.2) is 17.5 Å². The molecule has 1 aromatic carbocycles. The molecular formula is C22H24FN5O2. The van der Waals surface area contributed by atoms with Crippen molar-refractivity contribution in [1.82, 2.24) is 25.1 Å². The molecule has 1 saturated heterocycles. The minimum Gasteiger partial charge on any atom is -0.441 e. The first-order valence-corrected chi connectivity index (χ1v) is 10.6. The van der Waals surface area contributed by atoms with Gasteiger partial charge in [0.25, 0.3) is 0 Å². The fraction of sp³-hybridized carbons (Fsp3) is 0.455. The zero-order valence-corrected chi connectivity index (χ0v) is 16.7. The second-order valence-corrected chi connectivity index (χ2v) is 8.11. The van der Waals surface area contributed by atoms with Gasteiger partial charge in [-0.15, -0.1) is 0 Å². The lowest BCUT2D eigenvalue weighted by atomic mass is 9.96. The zero-order chi connectivity index (χ0) is 20.5. The smallest absolute Gasteiger partial charge is 0.223 e. The van der Waals surface area contributed by atoms with E-state index in [9.17, 15) is 9.18 Å². The summed E-state index contributed by atoms with van der Waals surface area (Å²) in [7, 11) is 0. The van der Waals surface area contributed by atoms with Gasteiger partial charge in [0.2, 0.25) is 5.91 Å². The quantitative estimate of drug-likeness (QED) is 0.669. The van der Waals surface area contributed by atoms with Crippen LogP contribution in [0.15, 0.2) is 34.9 Å². The first-order valence-electron chi connectivity index (χ1n) is 10.6. The van der Waals surface area contributed by atoms with E-state index in [1.807, 2.05) is 4.90 Å². The molecule has 5 rings (SSSR count). The van der Waals surface area contributed by atoms with Crippen molar-refractivity contribution in [3.05, 3.63) is 53.8 Å². The Morgan fingerprint density at radius 3 is 2.73 bits per heavy atom. The third kappa shape index (κ3) is 3.99. The van der Waals surface area contributed by atoms with Gasteiger partial charge in [0.1, 0.15) is 11.6 Å². The van der Waals surface area contributed by atoms with Gasteiger partial charge in [-0.1, -0.05) is 12.1 Å². The van der Waals surface area contributed by atoms with E-state index in [-0.39, 0.29) is 11.7 Å². The average molecular weight is 409 g/mol. The third-order valence-corrected chi connectivity index (χ3v) is 5.94. The van der Waals surface area contributed by atoms with Crippen molar-refractivity contribution in [3.63, 3.8) is 0 Å². The molecule has 7 nitrogen and oxygen atoms in total. The first kappa shape index (κ1) is 19.0. The Labute approximate surface area is 173 Å². The number of likely N-dealkylation sites (tertiary alicyclic amines) is 1. The lowest BCUT2D eigenvalue weighted by molar-refractivity contribution is -0.132. The van der Waals surface area contributed by atoms with Crippen molar-refractivity contribution in [2.45, 2.75) is 50.4 Å². The predicted octanol–water partition coefficient (Wildman–Crippen LogP) is 3.82. The van der Waals surface area contributed by atoms with Gasteiger partial charge in [-0.2, -0.15) is 5.10 Å². The molecule has 30 heavy (non-hydrogen) atoms. The normalized spacial score (nSPS) is 17.4. The third-order valence-electron chi connectivity index (χ3n) is 5.94. The summed E-state index contributed by atoms with van der Waals surface area (Å²) in [4.78, 5) is 23.4. The molecule has 1 aliphatic carbocycles. The van der Waals surface area contributed by atoms with E-state index in [1.165, 1.54) is 25.1 Å². The average Bonchev–Trinajstić information content (AvgIpc) is 3.32. The van der Waals surface area contributed by atoms with E-state index in [4.69, 9.17) is 4.42 Å². The number of rotatable bonds is 6. The molecule has 0 unspecified atom stereocenters. The van der Waals surface area contributed by atoms with Gasteiger partial charge >= 0.3 is 0 Å². The molecule has 2 aliphatic rings. The molecule has 0 bridgehead atoms. The van der Waals surface area contributed by atoms with Crippen molar-refractivity contribution >= 4 is 5.91 Å². The lowest BCUT2D eigenvalue weighted by Crippen LogP contribution is -2.38. The first-order chi connectivity index (χ1) is 14.7. The molecular weight excluding hydrogens is 385 g/mol. The monoisotopic (exact) mass is 409 g/mol. The van der Waals surface area contributed by atoms with Gasteiger partial charge in [0.05, 0.1) is 11.8 Å². The summed E-state index contributed by atoms with van der Waals surface area (Å²) < 4.78 is 19.5. The maximum atomic E-state index is 13.9. The largest absolute Gasteiger partial charge is 0.441 e. The highest BCUT2D eigenvalue weighted by molar-refractivity contribution is 5.76. The second-order valence-electron chi connectivity index (χ2n) is 8.11. The number of aryl methyl sites for hydroxylation is 1. The Morgan fingerprint density at radius 2 is 1.97 bits per heavy atom. The van der Waals surface area contributed by atoms with Gasteiger partial charge in [0, 0.05) is 37.8 Å². The Balaban J connectivity index is 1.12. The number of hydrogen-bond acceptors (Lipinski definition) is 5. The molecule has 2 fully saturated rings. The van der Waals surface area contributed by atoms with Crippen LogP contribution >= 0.6 is 0 Å². The predicted molar refractivity (Wildman–Crippen MR) is 107 cm³/mol. The van der Waals surface area contributed by atoms with Gasteiger partial charge in [-0.25, -0.2) is 14.4 Å². The number of aromatic nitrogens is 4. The summed E-state index contributed by atoms with van der Waals surface area (Å²) in [6.45, 7) is 1.43. The number of nitrogens with zero attached hydrogens (tertiary/aromatic N) is 4. The maximum absolute atomic E-state index is 13.9. The SMILES string of the molecule is O=C(CCc1ncc(-c2ccccc2F)o1)N1CCC(c2nc(C3CC3)n[nH]2)CC1. The summed E-state index contributed by atoms with van der Waals surface area (Å²) in [5, 5.41) is 7.44. The van der Waals surface area contributed by atoms with Crippen molar-refractivity contribution in [2.75, 3.05) is 13.1 Å². The molecule has 1 amide bonds. The number of carbonyl (C=O) groups is 1. The summed E-state index contributed by atoms with van der Waals surface area (Å²) in [5.74, 6) is 3.37. The number of piperidine rings is 1. The van der Waals surface area contributed by atoms with Crippen LogP contribution in [0.25, 0.3) is 11.3 Å². The Hall–Kier alpha value is -3.03. The van der Waals surface area contributed by atoms with E-state index in [0.29, 0.717) is 41.9 Å². The lowest BCUT2D eigenvalue weighted by Gasteiger charge is -2.31. The van der Waals surface area contributed by atoms with Gasteiger partial charge in [-0.05, 0) is 37.8 Å². The van der Waals surface area contributed by atoms with E-state index in [1.54, 1.807) is 18.2 Å². The van der Waals surface area contributed by atoms with Crippen LogP contribution in [0.3, 0.4) is 0 Å². The number of amides is 1. The number of benzene rings is 1. The van der Waals surface area contributed by atoms with E-state index < -0.39 is 0 Å². The van der Waals surface area contributed by atoms with Gasteiger partial charge in [-0.3, -0.25) is 9.89 Å². The molecule has 1 saturated carbocycles. The highest BCUT2D eigenvalue weighted by Crippen LogP contribution is 2.38. The molecule has 2 aromatic heterocycles. The van der Waals surface area contributed by atoms with Crippen LogP contribution in [0.1, 0.15) is 61.5 Å². The molecule has 3 aromatic rings. The molecule has 3 heterocycles. The summed E-state index contributed by atoms with van der Waals surface area (Å²) in [5.41, 5.74) is 0.377. The molecule has 1 aliphatic heterocycles. The van der Waals surface area contributed by atoms with Crippen LogP contribution in [0.5, 0.6) is 0 Å². The maximum Gasteiger partial charge on any atom is 0.223 e. The number of nitrogens with one attached hydrogen (secondary N) is 1. The summed E-state index contributed by atoms with van der Waals surface area (Å²) in [6.07, 6.45) is 6.41. The van der Waals surface area contributed by atoms with Crippen LogP contribution in [-0.4, -0.2) is 44.1 Å². The highest BCUT2D eigenvalue weighted by atomic mass is 19.1. The topological polar surface area (TPSA) is 87.9 Å². The van der Waals surface area contributed by atoms with E-state index in [2.05, 4.69) is 20.2 Å². The number of halogens is 1. The Morgan fingerprint density at radius 1 is 1.17 bits per heavy atom. The molecule has 1 N–H and O–H groups in total. The summed E-state index contributed by atoms with van der Waals surface area (Å²) >= 11 is 0.